The van der Waals surface area contributed by atoms with Crippen molar-refractivity contribution in [2.24, 2.45) is 0 Å². The summed E-state index contributed by atoms with van der Waals surface area (Å²) in [5, 5.41) is 2.52. The van der Waals surface area contributed by atoms with Crippen molar-refractivity contribution >= 4 is 16.5 Å². The molecule has 0 fully saturated rings. The van der Waals surface area contributed by atoms with Gasteiger partial charge in [-0.2, -0.15) is 0 Å². The highest BCUT2D eigenvalue weighted by molar-refractivity contribution is 5.97. The maximum Gasteiger partial charge on any atom is 0.0402 e. The third-order valence-corrected chi connectivity index (χ3v) is 3.60. The molecule has 0 aliphatic heterocycles. The van der Waals surface area contributed by atoms with Crippen LogP contribution in [0.1, 0.15) is 12.5 Å². The number of hydrogen-bond donors (Lipinski definition) is 1. The predicted molar refractivity (Wildman–Crippen MR) is 83.2 cm³/mol. The lowest BCUT2D eigenvalue weighted by Gasteiger charge is -2.15. The van der Waals surface area contributed by atoms with Gasteiger partial charge in [0.15, 0.2) is 0 Å². The molecule has 2 N–H and O–H groups in total. The molecule has 0 aromatic heterocycles. The first kappa shape index (κ1) is 11.8. The number of benzene rings is 3. The highest BCUT2D eigenvalue weighted by Crippen LogP contribution is 2.35. The maximum absolute atomic E-state index is 6.30. The Labute approximate surface area is 113 Å². The first-order valence-electron chi connectivity index (χ1n) is 6.66. The number of anilines is 1. The van der Waals surface area contributed by atoms with E-state index in [-0.39, 0.29) is 0 Å². The largest absolute Gasteiger partial charge is 0.398 e. The Morgan fingerprint density at radius 1 is 0.895 bits per heavy atom. The molecule has 3 aromatic carbocycles. The molecule has 1 heteroatoms. The lowest BCUT2D eigenvalue weighted by atomic mass is 9.91. The van der Waals surface area contributed by atoms with Crippen molar-refractivity contribution in [3.63, 3.8) is 0 Å². The van der Waals surface area contributed by atoms with Crippen LogP contribution in [0.25, 0.3) is 21.9 Å². The zero-order chi connectivity index (χ0) is 13.2. The van der Waals surface area contributed by atoms with Gasteiger partial charge in [-0.05, 0) is 34.4 Å². The number of fused-ring (bicyclic) bond motifs is 1. The van der Waals surface area contributed by atoms with Crippen LogP contribution in [0.2, 0.25) is 0 Å². The summed E-state index contributed by atoms with van der Waals surface area (Å²) in [6.07, 6.45) is 0.982. The van der Waals surface area contributed by atoms with E-state index in [1.54, 1.807) is 0 Å². The van der Waals surface area contributed by atoms with E-state index in [9.17, 15) is 0 Å². The number of aryl methyl sites for hydroxylation is 1. The third-order valence-electron chi connectivity index (χ3n) is 3.60. The van der Waals surface area contributed by atoms with Crippen LogP contribution in [-0.4, -0.2) is 0 Å². The van der Waals surface area contributed by atoms with E-state index in [4.69, 9.17) is 5.73 Å². The van der Waals surface area contributed by atoms with Gasteiger partial charge in [0, 0.05) is 11.3 Å². The van der Waals surface area contributed by atoms with Crippen molar-refractivity contribution < 1.29 is 0 Å². The summed E-state index contributed by atoms with van der Waals surface area (Å²) in [5.41, 5.74) is 10.9. The molecule has 94 valence electrons. The van der Waals surface area contributed by atoms with Crippen LogP contribution in [0, 0.1) is 0 Å². The molecule has 0 saturated carbocycles. The van der Waals surface area contributed by atoms with Crippen molar-refractivity contribution in [3.8, 4) is 11.1 Å². The second kappa shape index (κ2) is 4.77. The molecule has 0 amide bonds. The van der Waals surface area contributed by atoms with E-state index in [0.29, 0.717) is 0 Å². The molecule has 3 rings (SSSR count). The molecular formula is C18H17N. The number of nitrogen functional groups attached to an aromatic ring is 1. The standard InChI is InChI=1S/C18H17N/c1-2-15-16-11-7-6-10-14(16)12-17(19)18(15)13-8-4-3-5-9-13/h3-12H,2,19H2,1H3. The van der Waals surface area contributed by atoms with Crippen molar-refractivity contribution in [2.45, 2.75) is 13.3 Å². The third kappa shape index (κ3) is 1.97. The smallest absolute Gasteiger partial charge is 0.0402 e. The van der Waals surface area contributed by atoms with Gasteiger partial charge in [0.2, 0.25) is 0 Å². The van der Waals surface area contributed by atoms with Gasteiger partial charge >= 0.3 is 0 Å². The molecule has 0 radical (unpaired) electrons. The topological polar surface area (TPSA) is 26.0 Å². The van der Waals surface area contributed by atoms with Crippen LogP contribution >= 0.6 is 0 Å². The number of nitrogens with two attached hydrogens (primary N) is 1. The monoisotopic (exact) mass is 247 g/mol. The molecule has 3 aromatic rings. The van der Waals surface area contributed by atoms with E-state index in [0.717, 1.165) is 12.1 Å². The van der Waals surface area contributed by atoms with Crippen molar-refractivity contribution in [1.29, 1.82) is 0 Å². The van der Waals surface area contributed by atoms with Crippen LogP contribution < -0.4 is 5.73 Å². The minimum absolute atomic E-state index is 0.863. The average molecular weight is 247 g/mol. The second-order valence-corrected chi connectivity index (χ2v) is 4.76. The molecule has 0 aliphatic rings. The normalized spacial score (nSPS) is 10.8. The molecule has 0 unspecified atom stereocenters. The summed E-state index contributed by atoms with van der Waals surface area (Å²) >= 11 is 0. The molecule has 0 saturated heterocycles. The Kier molecular flexibility index (Phi) is 2.96. The van der Waals surface area contributed by atoms with E-state index in [1.807, 2.05) is 6.07 Å². The Balaban J connectivity index is 2.38. The fraction of sp³-hybridized carbons (Fsp3) is 0.111. The average Bonchev–Trinajstić information content (AvgIpc) is 2.46. The zero-order valence-corrected chi connectivity index (χ0v) is 11.1. The van der Waals surface area contributed by atoms with Gasteiger partial charge in [-0.15, -0.1) is 0 Å². The second-order valence-electron chi connectivity index (χ2n) is 4.76. The van der Waals surface area contributed by atoms with Gasteiger partial charge in [-0.3, -0.25) is 0 Å². The van der Waals surface area contributed by atoms with Gasteiger partial charge in [0.25, 0.3) is 0 Å². The summed E-state index contributed by atoms with van der Waals surface area (Å²) in [6, 6.07) is 20.9. The Morgan fingerprint density at radius 2 is 1.58 bits per heavy atom. The molecule has 0 spiro atoms. The molecule has 0 atom stereocenters. The summed E-state index contributed by atoms with van der Waals surface area (Å²) < 4.78 is 0. The molecule has 0 aliphatic carbocycles. The van der Waals surface area contributed by atoms with E-state index >= 15 is 0 Å². The van der Waals surface area contributed by atoms with Gasteiger partial charge in [0.05, 0.1) is 0 Å². The predicted octanol–water partition coefficient (Wildman–Crippen LogP) is 4.65. The Hall–Kier alpha value is -2.28. The zero-order valence-electron chi connectivity index (χ0n) is 11.1. The van der Waals surface area contributed by atoms with Crippen LogP contribution in [-0.2, 0) is 6.42 Å². The Morgan fingerprint density at radius 3 is 2.32 bits per heavy atom. The van der Waals surface area contributed by atoms with Crippen molar-refractivity contribution in [1.82, 2.24) is 0 Å². The lowest BCUT2D eigenvalue weighted by Crippen LogP contribution is -1.97. The highest BCUT2D eigenvalue weighted by atomic mass is 14.6. The quantitative estimate of drug-likeness (QED) is 0.655. The molecule has 19 heavy (non-hydrogen) atoms. The summed E-state index contributed by atoms with van der Waals surface area (Å²) in [7, 11) is 0. The fourth-order valence-electron chi connectivity index (χ4n) is 2.76. The maximum atomic E-state index is 6.30. The van der Waals surface area contributed by atoms with Crippen LogP contribution in [0.4, 0.5) is 5.69 Å². The highest BCUT2D eigenvalue weighted by Gasteiger charge is 2.11. The number of hydrogen-bond acceptors (Lipinski definition) is 1. The minimum Gasteiger partial charge on any atom is -0.398 e. The summed E-state index contributed by atoms with van der Waals surface area (Å²) in [4.78, 5) is 0. The SMILES string of the molecule is CCc1c(-c2ccccc2)c(N)cc2ccccc12. The lowest BCUT2D eigenvalue weighted by molar-refractivity contribution is 1.16. The van der Waals surface area contributed by atoms with Gasteiger partial charge in [-0.1, -0.05) is 61.5 Å². The van der Waals surface area contributed by atoms with E-state index in [2.05, 4.69) is 61.5 Å². The summed E-state index contributed by atoms with van der Waals surface area (Å²) in [5.74, 6) is 0. The van der Waals surface area contributed by atoms with Crippen molar-refractivity contribution in [3.05, 3.63) is 66.2 Å². The molecule has 1 nitrogen and oxygen atoms in total. The van der Waals surface area contributed by atoms with Crippen LogP contribution in [0.5, 0.6) is 0 Å². The van der Waals surface area contributed by atoms with Crippen LogP contribution in [0.15, 0.2) is 60.7 Å². The first-order chi connectivity index (χ1) is 9.31. The van der Waals surface area contributed by atoms with Gasteiger partial charge in [0.1, 0.15) is 0 Å². The number of rotatable bonds is 2. The fourth-order valence-corrected chi connectivity index (χ4v) is 2.76. The molecule has 0 heterocycles. The van der Waals surface area contributed by atoms with Crippen molar-refractivity contribution in [2.75, 3.05) is 5.73 Å². The molecular weight excluding hydrogens is 230 g/mol. The van der Waals surface area contributed by atoms with Crippen LogP contribution in [0.3, 0.4) is 0 Å². The molecule has 0 bridgehead atoms. The van der Waals surface area contributed by atoms with Gasteiger partial charge < -0.3 is 5.73 Å². The van der Waals surface area contributed by atoms with E-state index < -0.39 is 0 Å². The van der Waals surface area contributed by atoms with Gasteiger partial charge in [-0.25, -0.2) is 0 Å². The minimum atomic E-state index is 0.863. The Bertz CT molecular complexity index is 714. The first-order valence-corrected chi connectivity index (χ1v) is 6.66. The van der Waals surface area contributed by atoms with E-state index in [1.165, 1.54) is 27.5 Å². The summed E-state index contributed by atoms with van der Waals surface area (Å²) in [6.45, 7) is 2.19.